The Morgan fingerprint density at radius 3 is 2.89 bits per heavy atom. The number of anilines is 2. The van der Waals surface area contributed by atoms with E-state index in [0.717, 1.165) is 11.3 Å². The van der Waals surface area contributed by atoms with E-state index in [9.17, 15) is 9.18 Å². The number of nitrogens with zero attached hydrogens (tertiary/aromatic N) is 2. The highest BCUT2D eigenvalue weighted by Crippen LogP contribution is 2.37. The van der Waals surface area contributed by atoms with Crippen LogP contribution in [0.2, 0.25) is 5.02 Å². The van der Waals surface area contributed by atoms with Gasteiger partial charge in [0.2, 0.25) is 5.91 Å². The van der Waals surface area contributed by atoms with Gasteiger partial charge in [-0.25, -0.2) is 9.37 Å². The van der Waals surface area contributed by atoms with Gasteiger partial charge in [-0.05, 0) is 35.9 Å². The Labute approximate surface area is 170 Å². The molecule has 4 rings (SSSR count). The lowest BCUT2D eigenvalue weighted by atomic mass is 10.1. The molecule has 3 aromatic rings. The third kappa shape index (κ3) is 4.26. The van der Waals surface area contributed by atoms with Crippen LogP contribution in [0.25, 0.3) is 0 Å². The van der Waals surface area contributed by atoms with Crippen LogP contribution in [0.1, 0.15) is 12.0 Å². The second-order valence-electron chi connectivity index (χ2n) is 6.42. The number of halogens is 2. The van der Waals surface area contributed by atoms with Crippen molar-refractivity contribution < 1.29 is 13.9 Å². The molecule has 0 fully saturated rings. The number of nitrogens with one attached hydrogen (secondary N) is 1. The SMILES string of the molecule is O=C(CC1COc2ccc(Cl)cc2N1Cc1ccc(F)cc1)Nc1nccs1. The molecule has 5 nitrogen and oxygen atoms in total. The first-order valence-corrected chi connectivity index (χ1v) is 9.97. The molecular weight excluding hydrogens is 401 g/mol. The summed E-state index contributed by atoms with van der Waals surface area (Å²) in [5, 5.41) is 5.76. The van der Waals surface area contributed by atoms with Crippen LogP contribution in [0, 0.1) is 5.82 Å². The number of carbonyl (C=O) groups is 1. The molecule has 0 aliphatic carbocycles. The van der Waals surface area contributed by atoms with E-state index in [4.69, 9.17) is 16.3 Å². The maximum Gasteiger partial charge on any atom is 0.228 e. The highest BCUT2D eigenvalue weighted by atomic mass is 35.5. The van der Waals surface area contributed by atoms with Crippen molar-refractivity contribution in [2.24, 2.45) is 0 Å². The van der Waals surface area contributed by atoms with E-state index in [0.29, 0.717) is 29.1 Å². The Hall–Kier alpha value is -2.64. The number of benzene rings is 2. The van der Waals surface area contributed by atoms with E-state index in [1.165, 1.54) is 23.5 Å². The number of thiazole rings is 1. The Kier molecular flexibility index (Phi) is 5.45. The summed E-state index contributed by atoms with van der Waals surface area (Å²) in [7, 11) is 0. The van der Waals surface area contributed by atoms with E-state index in [-0.39, 0.29) is 24.2 Å². The van der Waals surface area contributed by atoms with Gasteiger partial charge in [0.25, 0.3) is 0 Å². The zero-order valence-corrected chi connectivity index (χ0v) is 16.3. The van der Waals surface area contributed by atoms with Gasteiger partial charge in [-0.3, -0.25) is 4.79 Å². The molecular formula is C20H17ClFN3O2S. The number of aromatic nitrogens is 1. The first-order chi connectivity index (χ1) is 13.6. The predicted molar refractivity (Wildman–Crippen MR) is 109 cm³/mol. The van der Waals surface area contributed by atoms with Crippen LogP contribution in [0.5, 0.6) is 5.75 Å². The number of hydrogen-bond acceptors (Lipinski definition) is 5. The summed E-state index contributed by atoms with van der Waals surface area (Å²) < 4.78 is 19.1. The zero-order chi connectivity index (χ0) is 19.5. The molecule has 1 aliphatic rings. The highest BCUT2D eigenvalue weighted by molar-refractivity contribution is 7.13. The van der Waals surface area contributed by atoms with E-state index in [1.54, 1.807) is 29.8 Å². The van der Waals surface area contributed by atoms with E-state index in [2.05, 4.69) is 15.2 Å². The van der Waals surface area contributed by atoms with E-state index in [1.807, 2.05) is 12.1 Å². The van der Waals surface area contributed by atoms with Gasteiger partial charge >= 0.3 is 0 Å². The van der Waals surface area contributed by atoms with Crippen molar-refractivity contribution >= 4 is 39.7 Å². The summed E-state index contributed by atoms with van der Waals surface area (Å²) in [5.74, 6) is 0.287. The van der Waals surface area contributed by atoms with Gasteiger partial charge in [0.15, 0.2) is 5.13 Å². The largest absolute Gasteiger partial charge is 0.489 e. The molecule has 144 valence electrons. The minimum atomic E-state index is -0.284. The lowest BCUT2D eigenvalue weighted by Crippen LogP contribution is -2.44. The number of fused-ring (bicyclic) bond motifs is 1. The molecule has 0 spiro atoms. The number of rotatable bonds is 5. The van der Waals surface area contributed by atoms with E-state index < -0.39 is 0 Å². The van der Waals surface area contributed by atoms with Crippen molar-refractivity contribution in [2.45, 2.75) is 19.0 Å². The van der Waals surface area contributed by atoms with Gasteiger partial charge in [-0.1, -0.05) is 23.7 Å². The van der Waals surface area contributed by atoms with Crippen molar-refractivity contribution in [3.05, 3.63) is 70.4 Å². The van der Waals surface area contributed by atoms with Crippen molar-refractivity contribution in [3.8, 4) is 5.75 Å². The summed E-state index contributed by atoms with van der Waals surface area (Å²) in [6.07, 6.45) is 1.87. The maximum absolute atomic E-state index is 13.3. The van der Waals surface area contributed by atoms with Crippen LogP contribution in [0.15, 0.2) is 54.0 Å². The number of amides is 1. The fourth-order valence-electron chi connectivity index (χ4n) is 3.15. The molecule has 1 N–H and O–H groups in total. The van der Waals surface area contributed by atoms with Crippen LogP contribution >= 0.6 is 22.9 Å². The van der Waals surface area contributed by atoms with Gasteiger partial charge in [0.05, 0.1) is 18.2 Å². The maximum atomic E-state index is 13.3. The molecule has 2 heterocycles. The number of hydrogen-bond donors (Lipinski definition) is 1. The lowest BCUT2D eigenvalue weighted by Gasteiger charge is -2.38. The minimum Gasteiger partial charge on any atom is -0.489 e. The van der Waals surface area contributed by atoms with Gasteiger partial charge in [0, 0.05) is 23.1 Å². The minimum absolute atomic E-state index is 0.141. The quantitative estimate of drug-likeness (QED) is 0.652. The molecule has 8 heteroatoms. The van der Waals surface area contributed by atoms with Crippen molar-refractivity contribution in [1.82, 2.24) is 4.98 Å². The standard InChI is InChI=1S/C20H17ClFN3O2S/c21-14-3-6-18-17(9-14)25(11-13-1-4-15(22)5-2-13)16(12-27-18)10-19(26)24-20-23-7-8-28-20/h1-9,16H,10-12H2,(H,23,24,26). The molecule has 1 atom stereocenters. The molecule has 2 aromatic carbocycles. The van der Waals surface area contributed by atoms with Gasteiger partial charge < -0.3 is 15.0 Å². The Balaban J connectivity index is 1.58. The normalized spacial score (nSPS) is 15.6. The summed E-state index contributed by atoms with van der Waals surface area (Å²) in [6.45, 7) is 0.868. The van der Waals surface area contributed by atoms with Gasteiger partial charge in [-0.15, -0.1) is 11.3 Å². The fraction of sp³-hybridized carbons (Fsp3) is 0.200. The summed E-state index contributed by atoms with van der Waals surface area (Å²) in [6, 6.07) is 11.6. The van der Waals surface area contributed by atoms with Crippen LogP contribution in [0.4, 0.5) is 15.2 Å². The lowest BCUT2D eigenvalue weighted by molar-refractivity contribution is -0.116. The average Bonchev–Trinajstić information content (AvgIpc) is 3.18. The van der Waals surface area contributed by atoms with Gasteiger partial charge in [0.1, 0.15) is 18.2 Å². The third-order valence-electron chi connectivity index (χ3n) is 4.47. The topological polar surface area (TPSA) is 54.5 Å². The highest BCUT2D eigenvalue weighted by Gasteiger charge is 2.30. The predicted octanol–water partition coefficient (Wildman–Crippen LogP) is 4.73. The van der Waals surface area contributed by atoms with E-state index >= 15 is 0 Å². The first kappa shape index (κ1) is 18.7. The summed E-state index contributed by atoms with van der Waals surface area (Å²) >= 11 is 7.56. The molecule has 1 amide bonds. The van der Waals surface area contributed by atoms with Crippen molar-refractivity contribution in [2.75, 3.05) is 16.8 Å². The second kappa shape index (κ2) is 8.16. The fourth-order valence-corrected chi connectivity index (χ4v) is 3.86. The Bertz CT molecular complexity index is 966. The van der Waals surface area contributed by atoms with Gasteiger partial charge in [-0.2, -0.15) is 0 Å². The summed E-state index contributed by atoms with van der Waals surface area (Å²) in [4.78, 5) is 18.7. The van der Waals surface area contributed by atoms with Crippen LogP contribution < -0.4 is 15.0 Å². The van der Waals surface area contributed by atoms with Crippen LogP contribution in [0.3, 0.4) is 0 Å². The number of carbonyl (C=O) groups excluding carboxylic acids is 1. The Morgan fingerprint density at radius 2 is 2.14 bits per heavy atom. The third-order valence-corrected chi connectivity index (χ3v) is 5.39. The smallest absolute Gasteiger partial charge is 0.228 e. The van der Waals surface area contributed by atoms with Crippen molar-refractivity contribution in [3.63, 3.8) is 0 Å². The van der Waals surface area contributed by atoms with Crippen LogP contribution in [-0.4, -0.2) is 23.5 Å². The molecule has 0 radical (unpaired) electrons. The number of ether oxygens (including phenoxy) is 1. The molecule has 0 saturated carbocycles. The monoisotopic (exact) mass is 417 g/mol. The second-order valence-corrected chi connectivity index (χ2v) is 7.75. The molecule has 0 saturated heterocycles. The Morgan fingerprint density at radius 1 is 1.32 bits per heavy atom. The van der Waals surface area contributed by atoms with Crippen LogP contribution in [-0.2, 0) is 11.3 Å². The molecule has 1 unspecified atom stereocenters. The summed E-state index contributed by atoms with van der Waals surface area (Å²) in [5.41, 5.74) is 1.75. The first-order valence-electron chi connectivity index (χ1n) is 8.71. The molecule has 0 bridgehead atoms. The zero-order valence-electron chi connectivity index (χ0n) is 14.8. The average molecular weight is 418 g/mol. The molecule has 1 aliphatic heterocycles. The molecule has 1 aromatic heterocycles. The molecule has 28 heavy (non-hydrogen) atoms. The van der Waals surface area contributed by atoms with Crippen molar-refractivity contribution in [1.29, 1.82) is 0 Å².